The number of pyridine rings is 1. The van der Waals surface area contributed by atoms with Gasteiger partial charge in [0.1, 0.15) is 0 Å². The molecule has 62 valence electrons. The Morgan fingerprint density at radius 2 is 2.33 bits per heavy atom. The van der Waals surface area contributed by atoms with Crippen LogP contribution in [0.4, 0.5) is 4.39 Å². The van der Waals surface area contributed by atoms with E-state index < -0.39 is 12.0 Å². The number of ketones is 1. The van der Waals surface area contributed by atoms with Crippen LogP contribution in [0.5, 0.6) is 0 Å². The molecule has 0 fully saturated rings. The molecule has 0 radical (unpaired) electrons. The van der Waals surface area contributed by atoms with Gasteiger partial charge in [0.25, 0.3) is 0 Å². The Kier molecular flexibility index (Phi) is 1.72. The molecule has 1 atom stereocenters. The van der Waals surface area contributed by atoms with Crippen LogP contribution in [-0.2, 0) is 6.42 Å². The van der Waals surface area contributed by atoms with E-state index in [2.05, 4.69) is 20.9 Å². The molecule has 1 unspecified atom stereocenters. The fraction of sp³-hybridized carbons (Fsp3) is 0.250. The van der Waals surface area contributed by atoms with Gasteiger partial charge in [-0.25, -0.2) is 4.39 Å². The lowest BCUT2D eigenvalue weighted by Crippen LogP contribution is -2.08. The third-order valence-electron chi connectivity index (χ3n) is 1.94. The summed E-state index contributed by atoms with van der Waals surface area (Å²) < 4.78 is 13.6. The molecule has 12 heavy (non-hydrogen) atoms. The predicted octanol–water partition coefficient (Wildman–Crippen LogP) is 1.92. The lowest BCUT2D eigenvalue weighted by Gasteiger charge is -1.96. The van der Waals surface area contributed by atoms with Gasteiger partial charge >= 0.3 is 0 Å². The minimum absolute atomic E-state index is 0.178. The van der Waals surface area contributed by atoms with Crippen molar-refractivity contribution in [1.29, 1.82) is 0 Å². The van der Waals surface area contributed by atoms with Crippen molar-refractivity contribution in [3.63, 3.8) is 0 Å². The summed E-state index contributed by atoms with van der Waals surface area (Å²) in [5.74, 6) is -0.446. The van der Waals surface area contributed by atoms with Crippen LogP contribution in [-0.4, -0.2) is 16.9 Å². The smallest absolute Gasteiger partial charge is 0.199 e. The first-order chi connectivity index (χ1) is 5.70. The molecule has 1 heterocycles. The van der Waals surface area contributed by atoms with E-state index >= 15 is 0 Å². The highest BCUT2D eigenvalue weighted by Crippen LogP contribution is 2.29. The molecule has 1 aromatic heterocycles. The quantitative estimate of drug-likeness (QED) is 0.681. The first kappa shape index (κ1) is 7.86. The normalized spacial score (nSPS) is 21.2. The molecule has 0 saturated carbocycles. The fourth-order valence-electron chi connectivity index (χ4n) is 1.32. The maximum Gasteiger partial charge on any atom is 0.199 e. The lowest BCUT2D eigenvalue weighted by atomic mass is 10.2. The van der Waals surface area contributed by atoms with E-state index in [-0.39, 0.29) is 6.42 Å². The van der Waals surface area contributed by atoms with Crippen molar-refractivity contribution in [2.45, 2.75) is 12.6 Å². The summed E-state index contributed by atoms with van der Waals surface area (Å²) in [6, 6.07) is 0. The monoisotopic (exact) mass is 229 g/mol. The van der Waals surface area contributed by atoms with E-state index in [1.54, 1.807) is 6.20 Å². The van der Waals surface area contributed by atoms with Crippen molar-refractivity contribution < 1.29 is 9.18 Å². The second-order valence-electron chi connectivity index (χ2n) is 2.68. The SMILES string of the molecule is O=C1c2cncc(Br)c2CC1F. The standard InChI is InChI=1S/C8H5BrFNO/c9-6-3-11-2-5-4(6)1-7(10)8(5)12/h2-3,7H,1H2. The molecule has 0 saturated heterocycles. The van der Waals surface area contributed by atoms with Crippen LogP contribution in [0.25, 0.3) is 0 Å². The van der Waals surface area contributed by atoms with Crippen LogP contribution in [0.1, 0.15) is 15.9 Å². The van der Waals surface area contributed by atoms with Gasteiger partial charge in [0.15, 0.2) is 12.0 Å². The van der Waals surface area contributed by atoms with Crippen LogP contribution in [0.15, 0.2) is 16.9 Å². The topological polar surface area (TPSA) is 30.0 Å². The molecule has 0 spiro atoms. The Balaban J connectivity index is 2.61. The number of halogens is 2. The number of rotatable bonds is 0. The third kappa shape index (κ3) is 0.982. The molecule has 1 aliphatic rings. The van der Waals surface area contributed by atoms with Gasteiger partial charge in [0.2, 0.25) is 0 Å². The van der Waals surface area contributed by atoms with Gasteiger partial charge in [-0.3, -0.25) is 9.78 Å². The average Bonchev–Trinajstić information content (AvgIpc) is 2.32. The molecular weight excluding hydrogens is 225 g/mol. The molecular formula is C8H5BrFNO. The highest BCUT2D eigenvalue weighted by atomic mass is 79.9. The maximum absolute atomic E-state index is 12.9. The second kappa shape index (κ2) is 2.62. The van der Waals surface area contributed by atoms with Gasteiger partial charge < -0.3 is 0 Å². The van der Waals surface area contributed by atoms with E-state index in [9.17, 15) is 9.18 Å². The summed E-state index contributed by atoms with van der Waals surface area (Å²) in [5.41, 5.74) is 1.15. The molecule has 0 aromatic carbocycles. The van der Waals surface area contributed by atoms with Gasteiger partial charge in [0.05, 0.1) is 0 Å². The van der Waals surface area contributed by atoms with E-state index in [0.29, 0.717) is 10.0 Å². The van der Waals surface area contributed by atoms with Crippen molar-refractivity contribution >= 4 is 21.7 Å². The zero-order valence-corrected chi connectivity index (χ0v) is 7.64. The minimum atomic E-state index is -1.37. The van der Waals surface area contributed by atoms with Gasteiger partial charge in [-0.2, -0.15) is 0 Å². The number of hydrogen-bond donors (Lipinski definition) is 0. The van der Waals surface area contributed by atoms with E-state index in [0.717, 1.165) is 5.56 Å². The maximum atomic E-state index is 12.9. The Morgan fingerprint density at radius 1 is 1.58 bits per heavy atom. The molecule has 2 nitrogen and oxygen atoms in total. The van der Waals surface area contributed by atoms with Crippen molar-refractivity contribution in [3.05, 3.63) is 28.0 Å². The molecule has 2 rings (SSSR count). The molecule has 4 heteroatoms. The largest absolute Gasteiger partial charge is 0.291 e. The van der Waals surface area contributed by atoms with Crippen molar-refractivity contribution in [2.24, 2.45) is 0 Å². The second-order valence-corrected chi connectivity index (χ2v) is 3.54. The van der Waals surface area contributed by atoms with E-state index in [1.807, 2.05) is 0 Å². The van der Waals surface area contributed by atoms with Crippen molar-refractivity contribution in [3.8, 4) is 0 Å². The first-order valence-corrected chi connectivity index (χ1v) is 4.30. The number of aromatic nitrogens is 1. The van der Waals surface area contributed by atoms with Crippen molar-refractivity contribution in [2.75, 3.05) is 0 Å². The molecule has 0 amide bonds. The van der Waals surface area contributed by atoms with E-state index in [1.165, 1.54) is 6.20 Å². The zero-order valence-electron chi connectivity index (χ0n) is 6.05. The van der Waals surface area contributed by atoms with Crippen LogP contribution >= 0.6 is 15.9 Å². The number of Topliss-reactive ketones (excluding diaryl/α,β-unsaturated/α-hetero) is 1. The molecule has 0 aliphatic heterocycles. The number of fused-ring (bicyclic) bond motifs is 1. The highest BCUT2D eigenvalue weighted by molar-refractivity contribution is 9.10. The number of carbonyl (C=O) groups is 1. The van der Waals surface area contributed by atoms with Crippen LogP contribution < -0.4 is 0 Å². The summed E-state index contributed by atoms with van der Waals surface area (Å²) in [6.07, 6.45) is 1.80. The Bertz CT molecular complexity index is 353. The van der Waals surface area contributed by atoms with Gasteiger partial charge in [-0.1, -0.05) is 0 Å². The number of carbonyl (C=O) groups excluding carboxylic acids is 1. The predicted molar refractivity (Wildman–Crippen MR) is 44.9 cm³/mol. The van der Waals surface area contributed by atoms with Crippen LogP contribution in [0.3, 0.4) is 0 Å². The summed E-state index contributed by atoms with van der Waals surface area (Å²) in [6.45, 7) is 0. The summed E-state index contributed by atoms with van der Waals surface area (Å²) in [5, 5.41) is 0. The highest BCUT2D eigenvalue weighted by Gasteiger charge is 2.31. The van der Waals surface area contributed by atoms with Gasteiger partial charge in [-0.15, -0.1) is 0 Å². The summed E-state index contributed by atoms with van der Waals surface area (Å²) in [7, 11) is 0. The van der Waals surface area contributed by atoms with E-state index in [4.69, 9.17) is 0 Å². The number of nitrogens with zero attached hydrogens (tertiary/aromatic N) is 1. The Hall–Kier alpha value is -0.770. The lowest BCUT2D eigenvalue weighted by molar-refractivity contribution is 0.0899. The van der Waals surface area contributed by atoms with Crippen LogP contribution in [0, 0.1) is 0 Å². The number of alkyl halides is 1. The first-order valence-electron chi connectivity index (χ1n) is 3.51. The summed E-state index contributed by atoms with van der Waals surface area (Å²) >= 11 is 3.22. The molecule has 0 N–H and O–H groups in total. The van der Waals surface area contributed by atoms with Gasteiger partial charge in [-0.05, 0) is 21.5 Å². The fourth-order valence-corrected chi connectivity index (χ4v) is 1.82. The third-order valence-corrected chi connectivity index (χ3v) is 2.62. The molecule has 0 bridgehead atoms. The average molecular weight is 230 g/mol. The Labute approximate surface area is 76.9 Å². The summed E-state index contributed by atoms with van der Waals surface area (Å²) in [4.78, 5) is 14.9. The zero-order chi connectivity index (χ0) is 8.72. The molecule has 1 aromatic rings. The van der Waals surface area contributed by atoms with Gasteiger partial charge in [0, 0.05) is 28.9 Å². The van der Waals surface area contributed by atoms with Crippen molar-refractivity contribution in [1.82, 2.24) is 4.98 Å². The Morgan fingerprint density at radius 3 is 3.00 bits per heavy atom. The van der Waals surface area contributed by atoms with Crippen LogP contribution in [0.2, 0.25) is 0 Å². The minimum Gasteiger partial charge on any atom is -0.291 e. The molecule has 1 aliphatic carbocycles. The number of hydrogen-bond acceptors (Lipinski definition) is 2.